The van der Waals surface area contributed by atoms with Gasteiger partial charge in [-0.1, -0.05) is 46.0 Å². The van der Waals surface area contributed by atoms with Crippen molar-refractivity contribution < 1.29 is 59.7 Å². The molecule has 5 aliphatic rings. The van der Waals surface area contributed by atoms with Gasteiger partial charge in [0.15, 0.2) is 5.69 Å². The fraction of sp³-hybridized carbons (Fsp3) is 0.674. The third kappa shape index (κ3) is 9.35. The number of methoxy groups -OCH3 is 1. The first-order valence-corrected chi connectivity index (χ1v) is 23.0. The molecular weight excluding hydrogens is 853 g/mol. The van der Waals surface area contributed by atoms with Gasteiger partial charge >= 0.3 is 6.09 Å². The number of hydrogen-bond donors (Lipinski definition) is 4. The Bertz CT molecular complexity index is 2320. The van der Waals surface area contributed by atoms with Crippen LogP contribution in [0.15, 0.2) is 18.2 Å². The minimum atomic E-state index is -4.24. The van der Waals surface area contributed by atoms with Gasteiger partial charge in [-0.25, -0.2) is 32.0 Å². The summed E-state index contributed by atoms with van der Waals surface area (Å²) in [6.07, 6.45) is -3.22. The Morgan fingerprint density at radius 1 is 1.05 bits per heavy atom. The Morgan fingerprint density at radius 2 is 1.78 bits per heavy atom. The standard InChI is InChI=1S/C43H54F4N6O9S/c1-6-26-31(62-37-33(48-29-17-13-24(61-5)19-30(29)49-37)43(46,47)18-8-7-9-22-10-11-23-12-16-27(22)23)21-53(38(55)34(41(2,3)4)50-40(57)58)32(26)36(54)51-42(20-28(42)35(44)45)39(56)52-63(59,60)25-14-15-25/h13,17,19,22-23,25-28,31-32,34-35,50H,6-11,14-15,18,20-21H2,1-5H3,(H,51,54)(H,52,56)(H,57,58). The normalized spacial score (nSPS) is 28.0. The molecule has 1 aromatic heterocycles. The van der Waals surface area contributed by atoms with Crippen LogP contribution in [0.5, 0.6) is 11.6 Å². The predicted molar refractivity (Wildman–Crippen MR) is 219 cm³/mol. The van der Waals surface area contributed by atoms with Gasteiger partial charge in [0.25, 0.3) is 11.8 Å². The zero-order chi connectivity index (χ0) is 45.8. The van der Waals surface area contributed by atoms with Crippen LogP contribution < -0.4 is 24.8 Å². The van der Waals surface area contributed by atoms with Crippen LogP contribution in [0.2, 0.25) is 0 Å². The fourth-order valence-electron chi connectivity index (χ4n) is 9.39. The Labute approximate surface area is 363 Å². The number of sulfonamides is 1. The van der Waals surface area contributed by atoms with Crippen LogP contribution in [0.1, 0.15) is 97.6 Å². The number of amides is 4. The third-order valence-electron chi connectivity index (χ3n) is 13.3. The molecule has 4 N–H and O–H groups in total. The molecule has 15 nitrogen and oxygen atoms in total. The minimum Gasteiger partial charge on any atom is -0.497 e. The number of hydrogen-bond acceptors (Lipinski definition) is 10. The molecule has 9 unspecified atom stereocenters. The number of alkyl halides is 4. The SMILES string of the molecule is CCC1C(Oc2nc3cc(OC)ccc3nc2C(F)(F)CCCCC2CCC3C#CC32)CN(C(=O)C(NC(=O)O)C(C)(C)C)C1C(=O)NC1(C(=O)NS(=O)(=O)C2CC2)CC1C(F)F. The van der Waals surface area contributed by atoms with Gasteiger partial charge in [-0.15, -0.1) is 0 Å². The molecule has 20 heteroatoms. The van der Waals surface area contributed by atoms with Crippen LogP contribution in [0.4, 0.5) is 22.4 Å². The Kier molecular flexibility index (Phi) is 12.6. The van der Waals surface area contributed by atoms with Crippen LogP contribution >= 0.6 is 0 Å². The van der Waals surface area contributed by atoms with Crippen molar-refractivity contribution in [1.29, 1.82) is 0 Å². The third-order valence-corrected chi connectivity index (χ3v) is 15.1. The van der Waals surface area contributed by atoms with E-state index in [2.05, 4.69) is 32.4 Å². The quantitative estimate of drug-likeness (QED) is 0.0851. The molecule has 2 heterocycles. The van der Waals surface area contributed by atoms with Crippen molar-refractivity contribution in [2.45, 2.75) is 133 Å². The lowest BCUT2D eigenvalue weighted by Gasteiger charge is -2.35. The summed E-state index contributed by atoms with van der Waals surface area (Å²) in [6.45, 7) is 5.82. The van der Waals surface area contributed by atoms with Crippen molar-refractivity contribution in [3.8, 4) is 23.5 Å². The van der Waals surface area contributed by atoms with E-state index in [4.69, 9.17) is 9.47 Å². The molecule has 0 spiro atoms. The second kappa shape index (κ2) is 17.2. The first-order chi connectivity index (χ1) is 29.6. The average Bonchev–Trinajstić information content (AvgIpc) is 4.12. The molecule has 4 amide bonds. The van der Waals surface area contributed by atoms with Gasteiger partial charge in [0.05, 0.1) is 35.9 Å². The molecule has 2 aromatic rings. The van der Waals surface area contributed by atoms with Crippen molar-refractivity contribution in [3.63, 3.8) is 0 Å². The maximum atomic E-state index is 16.5. The summed E-state index contributed by atoms with van der Waals surface area (Å²) < 4.78 is 101. The van der Waals surface area contributed by atoms with Gasteiger partial charge in [0.2, 0.25) is 34.1 Å². The van der Waals surface area contributed by atoms with Crippen molar-refractivity contribution in [2.24, 2.45) is 35.0 Å². The molecule has 9 atom stereocenters. The summed E-state index contributed by atoms with van der Waals surface area (Å²) in [4.78, 5) is 64.4. The number of nitrogens with one attached hydrogen (secondary N) is 3. The molecule has 344 valence electrons. The highest BCUT2D eigenvalue weighted by Gasteiger charge is 2.67. The highest BCUT2D eigenvalue weighted by atomic mass is 32.2. The van der Waals surface area contributed by atoms with E-state index in [1.807, 2.05) is 4.72 Å². The molecule has 1 saturated heterocycles. The van der Waals surface area contributed by atoms with Crippen molar-refractivity contribution in [3.05, 3.63) is 23.9 Å². The minimum absolute atomic E-state index is 0.0144. The van der Waals surface area contributed by atoms with E-state index in [0.717, 1.165) is 24.2 Å². The molecule has 0 bridgehead atoms. The maximum Gasteiger partial charge on any atom is 0.405 e. The number of ether oxygens (including phenoxy) is 2. The number of fused-ring (bicyclic) bond motifs is 2. The lowest BCUT2D eigenvalue weighted by atomic mass is 9.81. The van der Waals surface area contributed by atoms with E-state index in [0.29, 0.717) is 29.9 Å². The largest absolute Gasteiger partial charge is 0.497 e. The zero-order valence-electron chi connectivity index (χ0n) is 35.8. The second-order valence-corrected chi connectivity index (χ2v) is 20.6. The van der Waals surface area contributed by atoms with Crippen LogP contribution in [-0.4, -0.2) is 101 Å². The van der Waals surface area contributed by atoms with Crippen LogP contribution in [-0.2, 0) is 30.3 Å². The number of halogens is 4. The summed E-state index contributed by atoms with van der Waals surface area (Å²) in [6, 6.07) is 1.35. The number of likely N-dealkylation sites (tertiary alicyclic amines) is 1. The van der Waals surface area contributed by atoms with Gasteiger partial charge in [0.1, 0.15) is 29.5 Å². The molecule has 7 rings (SSSR count). The summed E-state index contributed by atoms with van der Waals surface area (Å²) >= 11 is 0. The number of unbranched alkanes of at least 4 members (excludes halogenated alkanes) is 1. The van der Waals surface area contributed by atoms with Crippen molar-refractivity contribution >= 4 is 44.9 Å². The first-order valence-electron chi connectivity index (χ1n) is 21.5. The zero-order valence-corrected chi connectivity index (χ0v) is 36.6. The second-order valence-electron chi connectivity index (χ2n) is 18.6. The molecule has 4 fully saturated rings. The number of carbonyl (C=O) groups excluding carboxylic acids is 3. The fourth-order valence-corrected chi connectivity index (χ4v) is 10.8. The lowest BCUT2D eigenvalue weighted by molar-refractivity contribution is -0.143. The predicted octanol–water partition coefficient (Wildman–Crippen LogP) is 5.37. The monoisotopic (exact) mass is 906 g/mol. The van der Waals surface area contributed by atoms with Gasteiger partial charge in [-0.05, 0) is 74.8 Å². The maximum absolute atomic E-state index is 16.5. The molecule has 1 aliphatic heterocycles. The molecule has 1 aromatic carbocycles. The topological polar surface area (TPSA) is 206 Å². The molecule has 0 radical (unpaired) electrons. The number of carboxylic acid groups (broad SMARTS) is 1. The summed E-state index contributed by atoms with van der Waals surface area (Å²) in [5.74, 6) is -2.63. The number of nitrogens with zero attached hydrogens (tertiary/aromatic N) is 3. The smallest absolute Gasteiger partial charge is 0.405 e. The molecular formula is C43H54F4N6O9S. The Hall–Kier alpha value is -4.93. The Morgan fingerprint density at radius 3 is 2.35 bits per heavy atom. The van der Waals surface area contributed by atoms with Gasteiger partial charge in [-0.3, -0.25) is 19.1 Å². The van der Waals surface area contributed by atoms with E-state index in [-0.39, 0.29) is 36.7 Å². The summed E-state index contributed by atoms with van der Waals surface area (Å²) in [5.41, 5.74) is -4.00. The number of rotatable bonds is 18. The molecule has 3 saturated carbocycles. The Balaban J connectivity index is 1.22. The van der Waals surface area contributed by atoms with Crippen LogP contribution in [0.3, 0.4) is 0 Å². The number of carbonyl (C=O) groups is 4. The number of benzene rings is 1. The van der Waals surface area contributed by atoms with E-state index in [1.54, 1.807) is 27.7 Å². The first kappa shape index (κ1) is 46.1. The van der Waals surface area contributed by atoms with Crippen molar-refractivity contribution in [1.82, 2.24) is 30.2 Å². The van der Waals surface area contributed by atoms with Gasteiger partial charge < -0.3 is 30.1 Å². The lowest BCUT2D eigenvalue weighted by Crippen LogP contribution is -2.61. The number of aromatic nitrogens is 2. The van der Waals surface area contributed by atoms with E-state index in [9.17, 15) is 41.5 Å². The summed E-state index contributed by atoms with van der Waals surface area (Å²) in [5, 5.41) is 13.4. The highest BCUT2D eigenvalue weighted by Crippen LogP contribution is 2.49. The van der Waals surface area contributed by atoms with E-state index < -0.39 is 123 Å². The van der Waals surface area contributed by atoms with Gasteiger partial charge in [-0.2, -0.15) is 8.78 Å². The molecule has 4 aliphatic carbocycles. The average molecular weight is 907 g/mol. The van der Waals surface area contributed by atoms with E-state index >= 15 is 8.78 Å². The highest BCUT2D eigenvalue weighted by molar-refractivity contribution is 7.91. The van der Waals surface area contributed by atoms with Crippen molar-refractivity contribution in [2.75, 3.05) is 13.7 Å². The van der Waals surface area contributed by atoms with Crippen LogP contribution in [0.25, 0.3) is 11.0 Å². The van der Waals surface area contributed by atoms with Gasteiger partial charge in [0, 0.05) is 30.2 Å². The summed E-state index contributed by atoms with van der Waals surface area (Å²) in [7, 11) is -2.83. The van der Waals surface area contributed by atoms with Crippen LogP contribution in [0, 0.1) is 46.8 Å². The van der Waals surface area contributed by atoms with E-state index in [1.165, 1.54) is 25.3 Å². The molecule has 63 heavy (non-hydrogen) atoms.